The highest BCUT2D eigenvalue weighted by Gasteiger charge is 2.27. The van der Waals surface area contributed by atoms with Crippen LogP contribution in [0.5, 0.6) is 0 Å². The lowest BCUT2D eigenvalue weighted by molar-refractivity contribution is 0.102. The molecule has 2 heterocycles. The minimum absolute atomic E-state index is 0.135. The molecular weight excluding hydrogens is 408 g/mol. The second kappa shape index (κ2) is 8.13. The van der Waals surface area contributed by atoms with Crippen molar-refractivity contribution >= 4 is 34.7 Å². The van der Waals surface area contributed by atoms with Crippen molar-refractivity contribution < 1.29 is 4.79 Å². The smallest absolute Gasteiger partial charge is 0.261 e. The zero-order valence-corrected chi connectivity index (χ0v) is 17.3. The molecule has 2 N–H and O–H groups in total. The topological polar surface area (TPSA) is 59.0 Å². The number of rotatable bonds is 4. The maximum Gasteiger partial charge on any atom is 0.261 e. The molecule has 4 aromatic rings. The average Bonchev–Trinajstić information content (AvgIpc) is 3.25. The lowest BCUT2D eigenvalue weighted by Gasteiger charge is -2.26. The van der Waals surface area contributed by atoms with Crippen LogP contribution in [0.3, 0.4) is 0 Å². The number of fused-ring (bicyclic) bond motifs is 1. The summed E-state index contributed by atoms with van der Waals surface area (Å²) in [6.07, 6.45) is 3.73. The summed E-state index contributed by atoms with van der Waals surface area (Å²) in [5, 5.41) is 11.5. The number of aromatic nitrogens is 2. The van der Waals surface area contributed by atoms with Gasteiger partial charge >= 0.3 is 0 Å². The van der Waals surface area contributed by atoms with Crippen molar-refractivity contribution in [2.75, 3.05) is 10.6 Å². The number of benzene rings is 3. The van der Waals surface area contributed by atoms with Gasteiger partial charge < -0.3 is 10.6 Å². The van der Waals surface area contributed by atoms with Crippen molar-refractivity contribution in [1.82, 2.24) is 9.78 Å². The molecule has 1 amide bonds. The van der Waals surface area contributed by atoms with E-state index in [0.29, 0.717) is 22.1 Å². The minimum Gasteiger partial charge on any atom is -0.339 e. The van der Waals surface area contributed by atoms with Crippen LogP contribution in [0.25, 0.3) is 5.70 Å². The van der Waals surface area contributed by atoms with Crippen LogP contribution in [0.1, 0.15) is 27.5 Å². The van der Waals surface area contributed by atoms with Crippen LogP contribution in [0.4, 0.5) is 11.5 Å². The van der Waals surface area contributed by atoms with E-state index in [1.807, 2.05) is 53.2 Å². The first kappa shape index (κ1) is 19.2. The first-order valence-electron chi connectivity index (χ1n) is 9.93. The van der Waals surface area contributed by atoms with Crippen molar-refractivity contribution in [3.05, 3.63) is 119 Å². The SMILES string of the molecule is O=C(Nc1ccc(Cl)cc1)c1cnn2c1NC(c1ccccc1)=C[C@H]2c1ccccc1. The third-order valence-electron chi connectivity index (χ3n) is 5.21. The maximum absolute atomic E-state index is 13.1. The summed E-state index contributed by atoms with van der Waals surface area (Å²) in [7, 11) is 0. The molecule has 0 aliphatic carbocycles. The van der Waals surface area contributed by atoms with Crippen LogP contribution < -0.4 is 10.6 Å². The molecule has 0 fully saturated rings. The highest BCUT2D eigenvalue weighted by Crippen LogP contribution is 2.35. The van der Waals surface area contributed by atoms with Crippen LogP contribution >= 0.6 is 11.6 Å². The average molecular weight is 427 g/mol. The lowest BCUT2D eigenvalue weighted by atomic mass is 10.0. The summed E-state index contributed by atoms with van der Waals surface area (Å²) in [6, 6.07) is 27.1. The number of carbonyl (C=O) groups is 1. The van der Waals surface area contributed by atoms with Gasteiger partial charge in [0.1, 0.15) is 11.4 Å². The highest BCUT2D eigenvalue weighted by molar-refractivity contribution is 6.30. The van der Waals surface area contributed by atoms with Gasteiger partial charge in [0.05, 0.1) is 12.2 Å². The largest absolute Gasteiger partial charge is 0.339 e. The Morgan fingerprint density at radius 3 is 2.32 bits per heavy atom. The Kier molecular flexibility index (Phi) is 5.02. The number of hydrogen-bond acceptors (Lipinski definition) is 3. The molecular formula is C25H19ClN4O. The van der Waals surface area contributed by atoms with Gasteiger partial charge in [0.25, 0.3) is 5.91 Å². The summed E-state index contributed by atoms with van der Waals surface area (Å²) in [5.41, 5.74) is 4.20. The molecule has 1 aliphatic heterocycles. The first-order valence-corrected chi connectivity index (χ1v) is 10.3. The molecule has 0 spiro atoms. The molecule has 1 atom stereocenters. The molecule has 5 rings (SSSR count). The number of hydrogen-bond donors (Lipinski definition) is 2. The van der Waals surface area contributed by atoms with Gasteiger partial charge in [-0.2, -0.15) is 5.10 Å². The quantitative estimate of drug-likeness (QED) is 0.430. The summed E-state index contributed by atoms with van der Waals surface area (Å²) in [4.78, 5) is 13.1. The summed E-state index contributed by atoms with van der Waals surface area (Å²) >= 11 is 5.95. The molecule has 0 saturated carbocycles. The summed E-state index contributed by atoms with van der Waals surface area (Å²) in [6.45, 7) is 0. The van der Waals surface area contributed by atoms with Gasteiger partial charge in [0.15, 0.2) is 0 Å². The van der Waals surface area contributed by atoms with Crippen molar-refractivity contribution in [3.63, 3.8) is 0 Å². The van der Waals surface area contributed by atoms with Gasteiger partial charge in [-0.3, -0.25) is 4.79 Å². The van der Waals surface area contributed by atoms with Crippen LogP contribution in [0.15, 0.2) is 97.2 Å². The van der Waals surface area contributed by atoms with Crippen LogP contribution in [0, 0.1) is 0 Å². The van der Waals surface area contributed by atoms with Gasteiger partial charge in [0, 0.05) is 16.4 Å². The fourth-order valence-electron chi connectivity index (χ4n) is 3.67. The van der Waals surface area contributed by atoms with Gasteiger partial charge in [-0.25, -0.2) is 4.68 Å². The standard InChI is InChI=1S/C25H19ClN4O/c26-19-11-13-20(14-12-19)28-25(31)21-16-27-30-23(18-9-5-2-6-10-18)15-22(29-24(21)30)17-7-3-1-4-8-17/h1-16,23,29H,(H,28,31)/t23-/m0/s1. The van der Waals surface area contributed by atoms with E-state index >= 15 is 0 Å². The summed E-state index contributed by atoms with van der Waals surface area (Å²) < 4.78 is 1.85. The van der Waals surface area contributed by atoms with E-state index in [0.717, 1.165) is 16.8 Å². The van der Waals surface area contributed by atoms with Crippen LogP contribution in [0.2, 0.25) is 5.02 Å². The van der Waals surface area contributed by atoms with Crippen molar-refractivity contribution in [2.45, 2.75) is 6.04 Å². The second-order valence-electron chi connectivity index (χ2n) is 7.24. The number of carbonyl (C=O) groups excluding carboxylic acids is 1. The van der Waals surface area contributed by atoms with E-state index in [2.05, 4.69) is 33.9 Å². The van der Waals surface area contributed by atoms with E-state index in [1.54, 1.807) is 30.5 Å². The van der Waals surface area contributed by atoms with Gasteiger partial charge in [0.2, 0.25) is 0 Å². The molecule has 6 heteroatoms. The van der Waals surface area contributed by atoms with Crippen LogP contribution in [-0.2, 0) is 0 Å². The monoisotopic (exact) mass is 426 g/mol. The molecule has 31 heavy (non-hydrogen) atoms. The van der Waals surface area contributed by atoms with Crippen molar-refractivity contribution in [1.29, 1.82) is 0 Å². The Labute approximate surface area is 185 Å². The molecule has 3 aromatic carbocycles. The Morgan fingerprint density at radius 2 is 1.61 bits per heavy atom. The molecule has 1 aliphatic rings. The van der Waals surface area contributed by atoms with Crippen molar-refractivity contribution in [3.8, 4) is 0 Å². The molecule has 152 valence electrons. The predicted molar refractivity (Wildman–Crippen MR) is 124 cm³/mol. The second-order valence-corrected chi connectivity index (χ2v) is 7.68. The fourth-order valence-corrected chi connectivity index (χ4v) is 3.79. The highest BCUT2D eigenvalue weighted by atomic mass is 35.5. The van der Waals surface area contributed by atoms with E-state index in [-0.39, 0.29) is 11.9 Å². The molecule has 0 saturated heterocycles. The summed E-state index contributed by atoms with van der Waals surface area (Å²) in [5.74, 6) is 0.416. The van der Waals surface area contributed by atoms with E-state index in [4.69, 9.17) is 11.6 Å². The lowest BCUT2D eigenvalue weighted by Crippen LogP contribution is -2.22. The third kappa shape index (κ3) is 3.83. The molecule has 0 unspecified atom stereocenters. The molecule has 1 aromatic heterocycles. The van der Waals surface area contributed by atoms with Gasteiger partial charge in [-0.15, -0.1) is 0 Å². The fraction of sp³-hybridized carbons (Fsp3) is 0.0400. The predicted octanol–water partition coefficient (Wildman–Crippen LogP) is 5.84. The van der Waals surface area contributed by atoms with Crippen molar-refractivity contribution in [2.24, 2.45) is 0 Å². The van der Waals surface area contributed by atoms with E-state index < -0.39 is 0 Å². The maximum atomic E-state index is 13.1. The number of halogens is 1. The molecule has 0 radical (unpaired) electrons. The number of nitrogens with zero attached hydrogens (tertiary/aromatic N) is 2. The molecule has 0 bridgehead atoms. The van der Waals surface area contributed by atoms with Gasteiger partial charge in [-0.1, -0.05) is 72.3 Å². The number of anilines is 2. The Bertz CT molecular complexity index is 1250. The number of nitrogens with one attached hydrogen (secondary N) is 2. The van der Waals surface area contributed by atoms with Crippen LogP contribution in [-0.4, -0.2) is 15.7 Å². The van der Waals surface area contributed by atoms with Gasteiger partial charge in [-0.05, 0) is 41.5 Å². The molecule has 5 nitrogen and oxygen atoms in total. The number of amides is 1. The van der Waals surface area contributed by atoms with E-state index in [9.17, 15) is 4.79 Å². The number of allylic oxidation sites excluding steroid dienone is 1. The first-order chi connectivity index (χ1) is 15.2. The zero-order chi connectivity index (χ0) is 21.2. The zero-order valence-electron chi connectivity index (χ0n) is 16.5. The van der Waals surface area contributed by atoms with E-state index in [1.165, 1.54) is 0 Å². The Morgan fingerprint density at radius 1 is 0.935 bits per heavy atom. The third-order valence-corrected chi connectivity index (χ3v) is 5.46. The Balaban J connectivity index is 1.54. The minimum atomic E-state index is -0.239. The Hall–Kier alpha value is -3.83. The normalized spacial score (nSPS) is 14.9.